The van der Waals surface area contributed by atoms with Crippen molar-refractivity contribution in [2.45, 2.75) is 27.7 Å². The third-order valence-electron chi connectivity index (χ3n) is 8.26. The second kappa shape index (κ2) is 11.1. The lowest BCUT2D eigenvalue weighted by Gasteiger charge is -2.23. The maximum absolute atomic E-state index is 2.39. The average molecular weight is 512 g/mol. The third kappa shape index (κ3) is 5.15. The van der Waals surface area contributed by atoms with Gasteiger partial charge in [0.15, 0.2) is 0 Å². The second-order valence-corrected chi connectivity index (χ2v) is 11.3. The van der Waals surface area contributed by atoms with Gasteiger partial charge in [0.05, 0.1) is 0 Å². The first-order chi connectivity index (χ1) is 19.5. The lowest BCUT2D eigenvalue weighted by molar-refractivity contribution is 1.48. The van der Waals surface area contributed by atoms with Crippen molar-refractivity contribution in [1.29, 1.82) is 0 Å². The fourth-order valence-electron chi connectivity index (χ4n) is 5.99. The fourth-order valence-corrected chi connectivity index (χ4v) is 5.99. The molecule has 0 aromatic heterocycles. The Kier molecular flexibility index (Phi) is 7.18. The summed E-state index contributed by atoms with van der Waals surface area (Å²) in [5.41, 5.74) is 13.1. The zero-order valence-corrected chi connectivity index (χ0v) is 23.9. The molecular formula is C38H34B2. The molecule has 0 bridgehead atoms. The van der Waals surface area contributed by atoms with Gasteiger partial charge in [-0.15, -0.1) is 0 Å². The quantitative estimate of drug-likeness (QED) is 0.273. The van der Waals surface area contributed by atoms with Crippen molar-refractivity contribution in [3.05, 3.63) is 156 Å². The predicted molar refractivity (Wildman–Crippen MR) is 178 cm³/mol. The predicted octanol–water partition coefficient (Wildman–Crippen LogP) is 5.11. The summed E-state index contributed by atoms with van der Waals surface area (Å²) in [7, 11) is 0. The van der Waals surface area contributed by atoms with Crippen molar-refractivity contribution >= 4 is 57.0 Å². The third-order valence-corrected chi connectivity index (χ3v) is 8.26. The van der Waals surface area contributed by atoms with E-state index >= 15 is 0 Å². The van der Waals surface area contributed by atoms with Crippen molar-refractivity contribution in [3.63, 3.8) is 0 Å². The fraction of sp³-hybridized carbons (Fsp3) is 0.105. The second-order valence-electron chi connectivity index (χ2n) is 11.3. The minimum atomic E-state index is 0.150. The highest BCUT2D eigenvalue weighted by Crippen LogP contribution is 2.14. The monoisotopic (exact) mass is 512 g/mol. The zero-order valence-electron chi connectivity index (χ0n) is 23.9. The maximum atomic E-state index is 2.39. The summed E-state index contributed by atoms with van der Waals surface area (Å²) >= 11 is 0. The molecule has 0 aliphatic rings. The molecule has 0 fully saturated rings. The maximum Gasteiger partial charge on any atom is 0.241 e. The molecule has 0 aliphatic carbocycles. The van der Waals surface area contributed by atoms with E-state index in [-0.39, 0.29) is 13.4 Å². The molecule has 0 radical (unpaired) electrons. The minimum Gasteiger partial charge on any atom is -0.0686 e. The molecular weight excluding hydrogens is 478 g/mol. The van der Waals surface area contributed by atoms with E-state index in [0.717, 1.165) is 0 Å². The summed E-state index contributed by atoms with van der Waals surface area (Å²) < 4.78 is 0. The smallest absolute Gasteiger partial charge is 0.0686 e. The first-order valence-corrected chi connectivity index (χ1v) is 14.3. The van der Waals surface area contributed by atoms with E-state index in [2.05, 4.69) is 161 Å². The Bertz CT molecular complexity index is 1520. The van der Waals surface area contributed by atoms with Crippen LogP contribution in [-0.2, 0) is 0 Å². The Hall–Kier alpha value is -4.29. The van der Waals surface area contributed by atoms with Crippen LogP contribution in [0.5, 0.6) is 0 Å². The van der Waals surface area contributed by atoms with E-state index in [1.54, 1.807) is 0 Å². The van der Waals surface area contributed by atoms with Gasteiger partial charge in [-0.05, 0) is 38.5 Å². The number of benzene rings is 6. The molecule has 0 unspecified atom stereocenters. The standard InChI is InChI=1S/C38H34B2/c1-27-9-17-31(18-10-27)39(32-19-11-28(2)12-20-32)37-25-26-38(36-8-6-5-7-35(36)37)40(33-21-13-29(3)14-22-33)34-23-15-30(4)16-24-34/h5-26H,1-4H3. The van der Waals surface area contributed by atoms with Crippen LogP contribution in [0.15, 0.2) is 133 Å². The van der Waals surface area contributed by atoms with Crippen molar-refractivity contribution in [2.24, 2.45) is 0 Å². The molecule has 0 atom stereocenters. The van der Waals surface area contributed by atoms with Gasteiger partial charge in [0.2, 0.25) is 13.4 Å². The molecule has 0 saturated heterocycles. The van der Waals surface area contributed by atoms with Gasteiger partial charge in [0.25, 0.3) is 0 Å². The van der Waals surface area contributed by atoms with Gasteiger partial charge in [-0.3, -0.25) is 0 Å². The highest BCUT2D eigenvalue weighted by molar-refractivity contribution is 6.99. The van der Waals surface area contributed by atoms with Crippen LogP contribution in [0, 0.1) is 27.7 Å². The van der Waals surface area contributed by atoms with Crippen molar-refractivity contribution in [2.75, 3.05) is 0 Å². The molecule has 0 nitrogen and oxygen atoms in total. The molecule has 6 aromatic carbocycles. The van der Waals surface area contributed by atoms with Gasteiger partial charge in [-0.1, -0.05) is 188 Å². The van der Waals surface area contributed by atoms with E-state index in [9.17, 15) is 0 Å². The summed E-state index contributed by atoms with van der Waals surface area (Å²) in [6.45, 7) is 8.93. The molecule has 192 valence electrons. The van der Waals surface area contributed by atoms with E-state index in [4.69, 9.17) is 0 Å². The van der Waals surface area contributed by atoms with E-state index in [0.29, 0.717) is 0 Å². The van der Waals surface area contributed by atoms with Crippen molar-refractivity contribution in [1.82, 2.24) is 0 Å². The molecule has 40 heavy (non-hydrogen) atoms. The Balaban J connectivity index is 1.59. The molecule has 0 spiro atoms. The van der Waals surface area contributed by atoms with Crippen LogP contribution in [0.1, 0.15) is 22.3 Å². The highest BCUT2D eigenvalue weighted by Gasteiger charge is 2.28. The van der Waals surface area contributed by atoms with Crippen LogP contribution in [0.4, 0.5) is 0 Å². The molecule has 0 aliphatic heterocycles. The topological polar surface area (TPSA) is 0 Å². The average Bonchev–Trinajstić information content (AvgIpc) is 2.98. The Morgan fingerprint density at radius 3 is 0.800 bits per heavy atom. The number of aryl methyl sites for hydroxylation is 4. The highest BCUT2D eigenvalue weighted by atomic mass is 14.1. The minimum absolute atomic E-state index is 0.150. The van der Waals surface area contributed by atoms with E-state index in [1.807, 2.05) is 0 Å². The number of rotatable bonds is 6. The van der Waals surface area contributed by atoms with Gasteiger partial charge in [-0.25, -0.2) is 0 Å². The van der Waals surface area contributed by atoms with Gasteiger partial charge in [0.1, 0.15) is 0 Å². The van der Waals surface area contributed by atoms with Gasteiger partial charge in [0, 0.05) is 0 Å². The SMILES string of the molecule is Cc1ccc(B(c2ccc(C)cc2)c2ccc(B(c3ccc(C)cc3)c3ccc(C)cc3)c3ccccc23)cc1. The molecule has 0 amide bonds. The largest absolute Gasteiger partial charge is 0.241 e. The molecule has 6 aromatic rings. The van der Waals surface area contributed by atoms with Crippen LogP contribution in [-0.4, -0.2) is 13.4 Å². The van der Waals surface area contributed by atoms with Crippen LogP contribution < -0.4 is 32.8 Å². The first-order valence-electron chi connectivity index (χ1n) is 14.3. The molecule has 6 rings (SSSR count). The summed E-state index contributed by atoms with van der Waals surface area (Å²) in [6.07, 6.45) is 0. The number of hydrogen-bond donors (Lipinski definition) is 0. The number of fused-ring (bicyclic) bond motifs is 1. The summed E-state index contributed by atoms with van der Waals surface area (Å²) in [4.78, 5) is 0. The van der Waals surface area contributed by atoms with Crippen molar-refractivity contribution in [3.8, 4) is 0 Å². The lowest BCUT2D eigenvalue weighted by Crippen LogP contribution is -2.55. The molecule has 2 heteroatoms. The van der Waals surface area contributed by atoms with Crippen LogP contribution >= 0.6 is 0 Å². The Morgan fingerprint density at radius 1 is 0.300 bits per heavy atom. The molecule has 0 N–H and O–H groups in total. The molecule has 0 heterocycles. The van der Waals surface area contributed by atoms with Gasteiger partial charge < -0.3 is 0 Å². The summed E-state index contributed by atoms with van der Waals surface area (Å²) in [5, 5.41) is 2.63. The summed E-state index contributed by atoms with van der Waals surface area (Å²) in [6, 6.07) is 50.0. The van der Waals surface area contributed by atoms with Crippen LogP contribution in [0.25, 0.3) is 10.8 Å². The Labute approximate surface area is 239 Å². The van der Waals surface area contributed by atoms with Crippen LogP contribution in [0.3, 0.4) is 0 Å². The van der Waals surface area contributed by atoms with Crippen molar-refractivity contribution < 1.29 is 0 Å². The lowest BCUT2D eigenvalue weighted by atomic mass is 9.34. The van der Waals surface area contributed by atoms with Crippen LogP contribution in [0.2, 0.25) is 0 Å². The van der Waals surface area contributed by atoms with Gasteiger partial charge in [-0.2, -0.15) is 0 Å². The first kappa shape index (κ1) is 26.0. The zero-order chi connectivity index (χ0) is 27.6. The molecule has 0 saturated carbocycles. The van der Waals surface area contributed by atoms with E-state index in [1.165, 1.54) is 65.8 Å². The summed E-state index contributed by atoms with van der Waals surface area (Å²) in [5.74, 6) is 0. The normalized spacial score (nSPS) is 11.0. The van der Waals surface area contributed by atoms with E-state index < -0.39 is 0 Å². The van der Waals surface area contributed by atoms with Gasteiger partial charge >= 0.3 is 0 Å². The Morgan fingerprint density at radius 2 is 0.550 bits per heavy atom. The number of hydrogen-bond acceptors (Lipinski definition) is 0.